The van der Waals surface area contributed by atoms with Crippen molar-refractivity contribution >= 4 is 28.8 Å². The van der Waals surface area contributed by atoms with Crippen molar-refractivity contribution in [2.75, 3.05) is 13.1 Å². The van der Waals surface area contributed by atoms with Crippen LogP contribution in [0.2, 0.25) is 4.34 Å². The van der Waals surface area contributed by atoms with Crippen molar-refractivity contribution in [1.29, 1.82) is 5.26 Å². The molecule has 1 aliphatic rings. The zero-order valence-corrected chi connectivity index (χ0v) is 14.5. The van der Waals surface area contributed by atoms with Crippen LogP contribution in [0.1, 0.15) is 43.9 Å². The number of thiophene rings is 1. The zero-order valence-electron chi connectivity index (χ0n) is 12.9. The molecular formula is C16H22ClN3OS. The monoisotopic (exact) mass is 339 g/mol. The van der Waals surface area contributed by atoms with E-state index in [0.717, 1.165) is 47.9 Å². The van der Waals surface area contributed by atoms with Gasteiger partial charge in [-0.05, 0) is 31.5 Å². The van der Waals surface area contributed by atoms with E-state index in [1.807, 2.05) is 19.1 Å². The van der Waals surface area contributed by atoms with E-state index < -0.39 is 5.54 Å². The quantitative estimate of drug-likeness (QED) is 0.862. The number of carbonyl (C=O) groups is 1. The minimum absolute atomic E-state index is 0.0621. The molecule has 0 bridgehead atoms. The molecule has 1 fully saturated rings. The van der Waals surface area contributed by atoms with Crippen LogP contribution in [0, 0.1) is 11.3 Å². The van der Waals surface area contributed by atoms with Gasteiger partial charge in [-0.3, -0.25) is 9.69 Å². The number of rotatable bonds is 6. The van der Waals surface area contributed by atoms with Crippen LogP contribution in [0.5, 0.6) is 0 Å². The molecule has 1 heterocycles. The number of nitrogens with one attached hydrogen (secondary N) is 1. The molecule has 120 valence electrons. The number of halogens is 1. The van der Waals surface area contributed by atoms with Gasteiger partial charge < -0.3 is 5.32 Å². The Balaban J connectivity index is 1.90. The first-order chi connectivity index (χ1) is 10.6. The third kappa shape index (κ3) is 4.70. The number of amides is 1. The van der Waals surface area contributed by atoms with E-state index in [4.69, 9.17) is 11.6 Å². The molecule has 0 aromatic carbocycles. The lowest BCUT2D eigenvalue weighted by molar-refractivity contribution is -0.124. The van der Waals surface area contributed by atoms with Gasteiger partial charge in [-0.1, -0.05) is 37.8 Å². The molecule has 22 heavy (non-hydrogen) atoms. The second kappa shape index (κ2) is 7.96. The van der Waals surface area contributed by atoms with Crippen LogP contribution in [0.15, 0.2) is 12.1 Å². The Labute approximate surface area is 141 Å². The van der Waals surface area contributed by atoms with E-state index >= 15 is 0 Å². The lowest BCUT2D eigenvalue weighted by atomic mass is 9.83. The van der Waals surface area contributed by atoms with Crippen LogP contribution in [-0.2, 0) is 11.3 Å². The van der Waals surface area contributed by atoms with Gasteiger partial charge in [-0.25, -0.2) is 0 Å². The summed E-state index contributed by atoms with van der Waals surface area (Å²) in [7, 11) is 0. The summed E-state index contributed by atoms with van der Waals surface area (Å²) in [6.45, 7) is 3.84. The summed E-state index contributed by atoms with van der Waals surface area (Å²) >= 11 is 7.48. The third-order valence-electron chi connectivity index (χ3n) is 4.12. The van der Waals surface area contributed by atoms with Crippen LogP contribution in [0.3, 0.4) is 0 Å². The molecule has 1 amide bonds. The van der Waals surface area contributed by atoms with Crippen molar-refractivity contribution in [3.8, 4) is 6.07 Å². The summed E-state index contributed by atoms with van der Waals surface area (Å²) < 4.78 is 0.765. The van der Waals surface area contributed by atoms with Gasteiger partial charge in [0.25, 0.3) is 0 Å². The summed E-state index contributed by atoms with van der Waals surface area (Å²) in [4.78, 5) is 15.5. The highest BCUT2D eigenvalue weighted by Crippen LogP contribution is 2.27. The molecule has 0 spiro atoms. The molecule has 1 aromatic heterocycles. The van der Waals surface area contributed by atoms with Gasteiger partial charge in [-0.15, -0.1) is 11.3 Å². The smallest absolute Gasteiger partial charge is 0.235 e. The Bertz CT molecular complexity index is 546. The normalized spacial score (nSPS) is 17.2. The molecule has 0 aliphatic heterocycles. The van der Waals surface area contributed by atoms with Crippen molar-refractivity contribution in [2.24, 2.45) is 0 Å². The van der Waals surface area contributed by atoms with Crippen LogP contribution in [0.25, 0.3) is 0 Å². The van der Waals surface area contributed by atoms with E-state index in [2.05, 4.69) is 16.3 Å². The van der Waals surface area contributed by atoms with E-state index in [1.165, 1.54) is 11.3 Å². The molecule has 2 rings (SSSR count). The minimum Gasteiger partial charge on any atom is -0.337 e. The summed E-state index contributed by atoms with van der Waals surface area (Å²) in [5, 5.41) is 12.4. The molecule has 6 heteroatoms. The second-order valence-corrected chi connectivity index (χ2v) is 7.61. The summed E-state index contributed by atoms with van der Waals surface area (Å²) in [5.74, 6) is -0.0621. The number of nitriles is 1. The number of nitrogens with zero attached hydrogens (tertiary/aromatic N) is 2. The summed E-state index contributed by atoms with van der Waals surface area (Å²) in [6, 6.07) is 6.20. The Morgan fingerprint density at radius 3 is 2.73 bits per heavy atom. The van der Waals surface area contributed by atoms with Gasteiger partial charge in [0, 0.05) is 11.4 Å². The van der Waals surface area contributed by atoms with Gasteiger partial charge in [0.2, 0.25) is 5.91 Å². The highest BCUT2D eigenvalue weighted by molar-refractivity contribution is 7.16. The SMILES string of the molecule is CCN(CC(=O)NC1(C#N)CCCCC1)Cc1ccc(Cl)s1. The first kappa shape index (κ1) is 17.3. The van der Waals surface area contributed by atoms with E-state index in [9.17, 15) is 10.1 Å². The Hall–Kier alpha value is -1.09. The topological polar surface area (TPSA) is 56.1 Å². The maximum atomic E-state index is 12.3. The number of likely N-dealkylation sites (N-methyl/N-ethyl adjacent to an activating group) is 1. The van der Waals surface area contributed by atoms with Crippen molar-refractivity contribution in [3.63, 3.8) is 0 Å². The van der Waals surface area contributed by atoms with Crippen LogP contribution in [0.4, 0.5) is 0 Å². The average Bonchev–Trinajstić information content (AvgIpc) is 2.92. The van der Waals surface area contributed by atoms with Gasteiger partial charge in [0.15, 0.2) is 0 Å². The van der Waals surface area contributed by atoms with Gasteiger partial charge in [0.05, 0.1) is 17.0 Å². The van der Waals surface area contributed by atoms with Crippen LogP contribution < -0.4 is 5.32 Å². The first-order valence-corrected chi connectivity index (χ1v) is 8.95. The van der Waals surface area contributed by atoms with Gasteiger partial charge >= 0.3 is 0 Å². The molecular weight excluding hydrogens is 318 g/mol. The molecule has 0 radical (unpaired) electrons. The largest absolute Gasteiger partial charge is 0.337 e. The zero-order chi connectivity index (χ0) is 16.0. The maximum Gasteiger partial charge on any atom is 0.235 e. The Morgan fingerprint density at radius 1 is 1.45 bits per heavy atom. The third-order valence-corrected chi connectivity index (χ3v) is 5.34. The van der Waals surface area contributed by atoms with Crippen molar-refractivity contribution < 1.29 is 4.79 Å². The number of hydrogen-bond acceptors (Lipinski definition) is 4. The molecule has 0 atom stereocenters. The van der Waals surface area contributed by atoms with Gasteiger partial charge in [-0.2, -0.15) is 5.26 Å². The molecule has 4 nitrogen and oxygen atoms in total. The van der Waals surface area contributed by atoms with Gasteiger partial charge in [0.1, 0.15) is 5.54 Å². The standard InChI is InChI=1S/C16H22ClN3OS/c1-2-20(10-13-6-7-14(17)22-13)11-15(21)19-16(12-18)8-4-3-5-9-16/h6-7H,2-5,8-11H2,1H3,(H,19,21). The number of carbonyl (C=O) groups excluding carboxylic acids is 1. The van der Waals surface area contributed by atoms with Crippen LogP contribution >= 0.6 is 22.9 Å². The molecule has 1 N–H and O–H groups in total. The molecule has 0 saturated heterocycles. The van der Waals surface area contributed by atoms with Crippen molar-refractivity contribution in [3.05, 3.63) is 21.3 Å². The highest BCUT2D eigenvalue weighted by atomic mass is 35.5. The number of hydrogen-bond donors (Lipinski definition) is 1. The van der Waals surface area contributed by atoms with Crippen LogP contribution in [-0.4, -0.2) is 29.4 Å². The summed E-state index contributed by atoms with van der Waals surface area (Å²) in [6.07, 6.45) is 4.71. The predicted octanol–water partition coefficient (Wildman–Crippen LogP) is 3.57. The predicted molar refractivity (Wildman–Crippen MR) is 89.9 cm³/mol. The first-order valence-electron chi connectivity index (χ1n) is 7.76. The molecule has 1 aliphatic carbocycles. The minimum atomic E-state index is -0.652. The molecule has 0 unspecified atom stereocenters. The lowest BCUT2D eigenvalue weighted by Gasteiger charge is -2.32. The fraction of sp³-hybridized carbons (Fsp3) is 0.625. The second-order valence-electron chi connectivity index (χ2n) is 5.81. The van der Waals surface area contributed by atoms with E-state index in [0.29, 0.717) is 13.1 Å². The van der Waals surface area contributed by atoms with E-state index in [-0.39, 0.29) is 5.91 Å². The lowest BCUT2D eigenvalue weighted by Crippen LogP contribution is -2.51. The fourth-order valence-corrected chi connectivity index (χ4v) is 4.00. The Morgan fingerprint density at radius 2 is 2.18 bits per heavy atom. The molecule has 1 aromatic rings. The average molecular weight is 340 g/mol. The van der Waals surface area contributed by atoms with E-state index in [1.54, 1.807) is 0 Å². The maximum absolute atomic E-state index is 12.3. The van der Waals surface area contributed by atoms with Crippen molar-refractivity contribution in [2.45, 2.75) is 51.1 Å². The molecule has 1 saturated carbocycles. The highest BCUT2D eigenvalue weighted by Gasteiger charge is 2.33. The fourth-order valence-electron chi connectivity index (χ4n) is 2.87. The Kier molecular flexibility index (Phi) is 6.25. The van der Waals surface area contributed by atoms with Crippen molar-refractivity contribution in [1.82, 2.24) is 10.2 Å². The summed E-state index contributed by atoms with van der Waals surface area (Å²) in [5.41, 5.74) is -0.652.